The molecule has 0 bridgehead atoms. The number of nitrogens with zero attached hydrogens (tertiary/aromatic N) is 6. The van der Waals surface area contributed by atoms with E-state index >= 15 is 0 Å². The second kappa shape index (κ2) is 8.04. The number of rotatable bonds is 6. The maximum Gasteiger partial charge on any atom is 0.282 e. The summed E-state index contributed by atoms with van der Waals surface area (Å²) in [6.07, 6.45) is 5.29. The van der Waals surface area contributed by atoms with Crippen LogP contribution in [0.15, 0.2) is 18.3 Å². The Kier molecular flexibility index (Phi) is 5.92. The predicted octanol–water partition coefficient (Wildman–Crippen LogP) is 2.39. The lowest BCUT2D eigenvalue weighted by molar-refractivity contribution is 0.234. The van der Waals surface area contributed by atoms with Crippen molar-refractivity contribution in [1.82, 2.24) is 28.4 Å². The lowest BCUT2D eigenvalue weighted by atomic mass is 10.0. The highest BCUT2D eigenvalue weighted by Crippen LogP contribution is 2.33. The lowest BCUT2D eigenvalue weighted by Gasteiger charge is -2.35. The van der Waals surface area contributed by atoms with Crippen molar-refractivity contribution in [2.45, 2.75) is 52.1 Å². The zero-order valence-corrected chi connectivity index (χ0v) is 17.3. The molecule has 0 N–H and O–H groups in total. The molecule has 9 heteroatoms. The number of hydrogen-bond acceptors (Lipinski definition) is 5. The minimum atomic E-state index is -3.52. The number of aromatic nitrogens is 4. The minimum absolute atomic E-state index is 0.340. The molecular formula is C18H28N6O2S. The van der Waals surface area contributed by atoms with Gasteiger partial charge in [-0.05, 0) is 38.3 Å². The van der Waals surface area contributed by atoms with E-state index < -0.39 is 10.2 Å². The van der Waals surface area contributed by atoms with Crippen LogP contribution in [-0.2, 0) is 16.8 Å². The van der Waals surface area contributed by atoms with Crippen molar-refractivity contribution in [3.8, 4) is 11.4 Å². The Morgan fingerprint density at radius 1 is 1.26 bits per heavy atom. The summed E-state index contributed by atoms with van der Waals surface area (Å²) in [4.78, 5) is 9.37. The Balaban J connectivity index is 2.03. The van der Waals surface area contributed by atoms with Crippen LogP contribution in [0.25, 0.3) is 11.4 Å². The quantitative estimate of drug-likeness (QED) is 0.754. The van der Waals surface area contributed by atoms with Crippen LogP contribution in [-0.4, -0.2) is 57.4 Å². The molecule has 8 nitrogen and oxygen atoms in total. The molecule has 0 saturated carbocycles. The van der Waals surface area contributed by atoms with Crippen molar-refractivity contribution in [2.75, 3.05) is 20.6 Å². The molecule has 148 valence electrons. The van der Waals surface area contributed by atoms with Crippen LogP contribution in [0.3, 0.4) is 0 Å². The number of piperidine rings is 1. The fraction of sp³-hybridized carbons (Fsp3) is 0.611. The fourth-order valence-corrected chi connectivity index (χ4v) is 4.76. The highest BCUT2D eigenvalue weighted by atomic mass is 32.2. The first-order chi connectivity index (χ1) is 12.8. The summed E-state index contributed by atoms with van der Waals surface area (Å²) in [7, 11) is -0.400. The van der Waals surface area contributed by atoms with Gasteiger partial charge in [0.15, 0.2) is 0 Å². The third-order valence-corrected chi connectivity index (χ3v) is 6.75. The summed E-state index contributed by atoms with van der Waals surface area (Å²) in [5.41, 5.74) is 2.55. The van der Waals surface area contributed by atoms with Gasteiger partial charge in [-0.3, -0.25) is 4.68 Å². The Hall–Kier alpha value is -1.84. The van der Waals surface area contributed by atoms with E-state index in [0.717, 1.165) is 49.3 Å². The lowest BCUT2D eigenvalue weighted by Crippen LogP contribution is -2.45. The summed E-state index contributed by atoms with van der Waals surface area (Å²) in [5.74, 6) is 0.569. The average Bonchev–Trinajstić information content (AvgIpc) is 3.10. The van der Waals surface area contributed by atoms with Gasteiger partial charge in [-0.15, -0.1) is 0 Å². The van der Waals surface area contributed by atoms with Crippen molar-refractivity contribution in [3.05, 3.63) is 29.8 Å². The van der Waals surface area contributed by atoms with E-state index in [1.54, 1.807) is 24.6 Å². The molecule has 2 aromatic heterocycles. The molecule has 3 rings (SSSR count). The van der Waals surface area contributed by atoms with Gasteiger partial charge < -0.3 is 0 Å². The number of hydrogen-bond donors (Lipinski definition) is 0. The maximum absolute atomic E-state index is 12.8. The van der Waals surface area contributed by atoms with Gasteiger partial charge in [-0.2, -0.15) is 22.1 Å². The largest absolute Gasteiger partial charge is 0.282 e. The second-order valence-electron chi connectivity index (χ2n) is 7.10. The molecule has 1 fully saturated rings. The standard InChI is InChI=1S/C18H28N6O2S/c1-5-11-23-16(9-10-19-23)15-13-14(2)20-18(21-15)17-8-6-7-12-24(17)27(25,26)22(3)4/h9-10,13,17H,5-8,11-12H2,1-4H3/t17-/m1/s1. The van der Waals surface area contributed by atoms with Crippen LogP contribution in [0.2, 0.25) is 0 Å². The van der Waals surface area contributed by atoms with E-state index in [1.807, 2.05) is 23.7 Å². The summed E-state index contributed by atoms with van der Waals surface area (Å²) in [5, 5.41) is 4.37. The predicted molar refractivity (Wildman–Crippen MR) is 104 cm³/mol. The van der Waals surface area contributed by atoms with Crippen LogP contribution in [0, 0.1) is 6.92 Å². The van der Waals surface area contributed by atoms with Gasteiger partial charge in [0.1, 0.15) is 5.82 Å². The molecular weight excluding hydrogens is 364 g/mol. The van der Waals surface area contributed by atoms with Gasteiger partial charge in [-0.25, -0.2) is 9.97 Å². The number of aryl methyl sites for hydroxylation is 2. The van der Waals surface area contributed by atoms with Gasteiger partial charge in [0.05, 0.1) is 17.4 Å². The highest BCUT2D eigenvalue weighted by Gasteiger charge is 2.36. The molecule has 0 unspecified atom stereocenters. The first-order valence-corrected chi connectivity index (χ1v) is 10.8. The first kappa shape index (κ1) is 19.9. The summed E-state index contributed by atoms with van der Waals surface area (Å²) in [6, 6.07) is 3.53. The van der Waals surface area contributed by atoms with Gasteiger partial charge >= 0.3 is 0 Å². The molecule has 0 aromatic carbocycles. The van der Waals surface area contributed by atoms with Crippen molar-refractivity contribution >= 4 is 10.2 Å². The molecule has 3 heterocycles. The maximum atomic E-state index is 12.8. The van der Waals surface area contributed by atoms with E-state index in [9.17, 15) is 8.42 Å². The van der Waals surface area contributed by atoms with Crippen molar-refractivity contribution in [1.29, 1.82) is 0 Å². The van der Waals surface area contributed by atoms with E-state index in [-0.39, 0.29) is 6.04 Å². The SMILES string of the molecule is CCCn1nccc1-c1cc(C)nc([C@H]2CCCCN2S(=O)(=O)N(C)C)n1. The summed E-state index contributed by atoms with van der Waals surface area (Å²) in [6.45, 7) is 5.33. The van der Waals surface area contributed by atoms with Gasteiger partial charge in [-0.1, -0.05) is 13.3 Å². The Morgan fingerprint density at radius 2 is 2.04 bits per heavy atom. The normalized spacial score (nSPS) is 18.9. The molecule has 0 amide bonds. The van der Waals surface area contributed by atoms with E-state index in [2.05, 4.69) is 17.0 Å². The second-order valence-corrected chi connectivity index (χ2v) is 9.20. The van der Waals surface area contributed by atoms with Crippen LogP contribution in [0.5, 0.6) is 0 Å². The van der Waals surface area contributed by atoms with Crippen LogP contribution in [0.1, 0.15) is 50.2 Å². The zero-order valence-electron chi connectivity index (χ0n) is 16.5. The molecule has 0 radical (unpaired) electrons. The van der Waals surface area contributed by atoms with E-state index in [1.165, 1.54) is 4.31 Å². The molecule has 1 atom stereocenters. The van der Waals surface area contributed by atoms with E-state index in [0.29, 0.717) is 12.4 Å². The molecule has 2 aromatic rings. The monoisotopic (exact) mass is 392 g/mol. The van der Waals surface area contributed by atoms with Crippen molar-refractivity contribution < 1.29 is 8.42 Å². The van der Waals surface area contributed by atoms with Gasteiger partial charge in [0, 0.05) is 39.1 Å². The third-order valence-electron chi connectivity index (χ3n) is 4.80. The molecule has 1 aliphatic heterocycles. The first-order valence-electron chi connectivity index (χ1n) is 9.41. The van der Waals surface area contributed by atoms with Gasteiger partial charge in [0.2, 0.25) is 0 Å². The van der Waals surface area contributed by atoms with E-state index in [4.69, 9.17) is 4.98 Å². The Labute approximate surface area is 161 Å². The minimum Gasteiger partial charge on any atom is -0.263 e. The highest BCUT2D eigenvalue weighted by molar-refractivity contribution is 7.86. The smallest absolute Gasteiger partial charge is 0.263 e. The average molecular weight is 393 g/mol. The molecule has 1 aliphatic rings. The Bertz CT molecular complexity index is 893. The fourth-order valence-electron chi connectivity index (χ4n) is 3.46. The van der Waals surface area contributed by atoms with Crippen molar-refractivity contribution in [3.63, 3.8) is 0 Å². The Morgan fingerprint density at radius 3 is 2.74 bits per heavy atom. The third kappa shape index (κ3) is 4.04. The molecule has 1 saturated heterocycles. The van der Waals surface area contributed by atoms with Crippen LogP contribution in [0.4, 0.5) is 0 Å². The molecule has 0 spiro atoms. The summed E-state index contributed by atoms with van der Waals surface area (Å²) < 4.78 is 30.3. The van der Waals surface area contributed by atoms with Crippen molar-refractivity contribution in [2.24, 2.45) is 0 Å². The molecule has 0 aliphatic carbocycles. The van der Waals surface area contributed by atoms with Crippen LogP contribution < -0.4 is 0 Å². The topological polar surface area (TPSA) is 84.2 Å². The molecule has 27 heavy (non-hydrogen) atoms. The summed E-state index contributed by atoms with van der Waals surface area (Å²) >= 11 is 0. The van der Waals surface area contributed by atoms with Crippen LogP contribution >= 0.6 is 0 Å². The van der Waals surface area contributed by atoms with Gasteiger partial charge in [0.25, 0.3) is 10.2 Å². The zero-order chi connectivity index (χ0) is 19.6.